The fraction of sp³-hybridized carbons (Fsp3) is 0.353. The molecule has 1 saturated heterocycles. The van der Waals surface area contributed by atoms with E-state index in [-0.39, 0.29) is 0 Å². The Morgan fingerprint density at radius 1 is 1.33 bits per heavy atom. The summed E-state index contributed by atoms with van der Waals surface area (Å²) in [6.07, 6.45) is 5.66. The Kier molecular flexibility index (Phi) is 4.12. The molecule has 3 aromatic rings. The first kappa shape index (κ1) is 15.4. The zero-order chi connectivity index (χ0) is 16.5. The highest BCUT2D eigenvalue weighted by Gasteiger charge is 2.22. The Hall–Kier alpha value is -2.12. The molecule has 4 rings (SSSR count). The molecule has 1 N–H and O–H groups in total. The van der Waals surface area contributed by atoms with Crippen molar-refractivity contribution in [3.63, 3.8) is 0 Å². The number of pyridine rings is 2. The average molecular weight is 341 g/mol. The average Bonchev–Trinajstić information content (AvgIpc) is 3.15. The van der Waals surface area contributed by atoms with Crippen LogP contribution >= 0.6 is 11.8 Å². The third kappa shape index (κ3) is 2.63. The van der Waals surface area contributed by atoms with Crippen LogP contribution in [0.1, 0.15) is 6.92 Å². The number of anilines is 1. The molecule has 0 aliphatic carbocycles. The lowest BCUT2D eigenvalue weighted by Gasteiger charge is -2.34. The number of ether oxygens (including phenoxy) is 1. The maximum Gasteiger partial charge on any atom is 0.130 e. The highest BCUT2D eigenvalue weighted by atomic mass is 32.2. The van der Waals surface area contributed by atoms with Crippen LogP contribution in [0.25, 0.3) is 22.3 Å². The van der Waals surface area contributed by atoms with Gasteiger partial charge in [0.15, 0.2) is 0 Å². The zero-order valence-corrected chi connectivity index (χ0v) is 14.5. The Balaban J connectivity index is 1.92. The van der Waals surface area contributed by atoms with Gasteiger partial charge in [0.25, 0.3) is 0 Å². The summed E-state index contributed by atoms with van der Waals surface area (Å²) >= 11 is 1.73. The second kappa shape index (κ2) is 6.41. The monoisotopic (exact) mass is 341 g/mol. The standard InChI is InChI=1S/C17H19N5OS/c1-11-10-23-8-7-22(11)15-9-14(24-2)12-3-5-18-17(16(12)20-15)13-4-6-19-21-13/h3-6,9,11H,7-8,10H2,1-2H3,(H,19,21)/t11-/m1/s1. The SMILES string of the molecule is CSc1cc(N2CCOC[C@H]2C)nc2c(-c3ccn[nH]3)nccc12. The molecule has 0 amide bonds. The molecule has 1 atom stereocenters. The first-order valence-electron chi connectivity index (χ1n) is 7.96. The van der Waals surface area contributed by atoms with Gasteiger partial charge in [0.1, 0.15) is 17.0 Å². The minimum absolute atomic E-state index is 0.311. The number of aromatic amines is 1. The molecule has 0 spiro atoms. The second-order valence-corrected chi connectivity index (χ2v) is 6.67. The maximum absolute atomic E-state index is 5.56. The zero-order valence-electron chi connectivity index (χ0n) is 13.7. The quantitative estimate of drug-likeness (QED) is 0.739. The number of H-pyrrole nitrogens is 1. The summed E-state index contributed by atoms with van der Waals surface area (Å²) in [5.74, 6) is 0.983. The largest absolute Gasteiger partial charge is 0.377 e. The van der Waals surface area contributed by atoms with E-state index in [2.05, 4.69) is 39.3 Å². The molecule has 1 aliphatic heterocycles. The number of nitrogens with zero attached hydrogens (tertiary/aromatic N) is 4. The van der Waals surface area contributed by atoms with Crippen molar-refractivity contribution in [3.8, 4) is 11.4 Å². The molecular formula is C17H19N5OS. The Bertz CT molecular complexity index is 852. The summed E-state index contributed by atoms with van der Waals surface area (Å²) < 4.78 is 5.56. The molecule has 4 heterocycles. The predicted molar refractivity (Wildman–Crippen MR) is 96.5 cm³/mol. The van der Waals surface area contributed by atoms with Crippen LogP contribution in [0.5, 0.6) is 0 Å². The van der Waals surface area contributed by atoms with Gasteiger partial charge in [-0.15, -0.1) is 11.8 Å². The predicted octanol–water partition coefficient (Wildman–Crippen LogP) is 2.97. The summed E-state index contributed by atoms with van der Waals surface area (Å²) in [5, 5.41) is 8.16. The van der Waals surface area contributed by atoms with Crippen molar-refractivity contribution in [2.45, 2.75) is 17.9 Å². The van der Waals surface area contributed by atoms with Gasteiger partial charge in [-0.25, -0.2) is 4.98 Å². The molecule has 124 valence electrons. The highest BCUT2D eigenvalue weighted by Crippen LogP contribution is 2.34. The topological polar surface area (TPSA) is 66.9 Å². The van der Waals surface area contributed by atoms with Gasteiger partial charge in [-0.2, -0.15) is 5.10 Å². The van der Waals surface area contributed by atoms with Crippen LogP contribution in [0.4, 0.5) is 5.82 Å². The normalized spacial score (nSPS) is 18.2. The molecule has 6 nitrogen and oxygen atoms in total. The van der Waals surface area contributed by atoms with Gasteiger partial charge < -0.3 is 9.64 Å². The molecule has 1 fully saturated rings. The van der Waals surface area contributed by atoms with Crippen LogP contribution in [-0.4, -0.2) is 52.2 Å². The molecule has 0 aromatic carbocycles. The second-order valence-electron chi connectivity index (χ2n) is 5.83. The Morgan fingerprint density at radius 2 is 2.25 bits per heavy atom. The van der Waals surface area contributed by atoms with E-state index < -0.39 is 0 Å². The lowest BCUT2D eigenvalue weighted by molar-refractivity contribution is 0.0985. The molecule has 0 saturated carbocycles. The van der Waals surface area contributed by atoms with Crippen LogP contribution in [0, 0.1) is 0 Å². The maximum atomic E-state index is 5.56. The number of fused-ring (bicyclic) bond motifs is 1. The minimum atomic E-state index is 0.311. The van der Waals surface area contributed by atoms with E-state index in [1.807, 2.05) is 18.3 Å². The molecule has 7 heteroatoms. The molecule has 3 aromatic heterocycles. The van der Waals surface area contributed by atoms with Crippen molar-refractivity contribution >= 4 is 28.5 Å². The van der Waals surface area contributed by atoms with Gasteiger partial charge in [0, 0.05) is 29.2 Å². The number of nitrogens with one attached hydrogen (secondary N) is 1. The van der Waals surface area contributed by atoms with Gasteiger partial charge in [-0.05, 0) is 31.4 Å². The van der Waals surface area contributed by atoms with Crippen LogP contribution in [0.2, 0.25) is 0 Å². The van der Waals surface area contributed by atoms with E-state index in [1.165, 1.54) is 4.90 Å². The van der Waals surface area contributed by atoms with Crippen LogP contribution < -0.4 is 4.90 Å². The van der Waals surface area contributed by atoms with E-state index in [4.69, 9.17) is 9.72 Å². The Morgan fingerprint density at radius 3 is 3.00 bits per heavy atom. The fourth-order valence-corrected chi connectivity index (χ4v) is 3.68. The lowest BCUT2D eigenvalue weighted by atomic mass is 10.1. The van der Waals surface area contributed by atoms with Crippen molar-refractivity contribution in [2.75, 3.05) is 30.9 Å². The third-order valence-corrected chi connectivity index (χ3v) is 5.09. The molecule has 0 bridgehead atoms. The van der Waals surface area contributed by atoms with Crippen molar-refractivity contribution in [1.29, 1.82) is 0 Å². The fourth-order valence-electron chi connectivity index (χ4n) is 3.08. The summed E-state index contributed by atoms with van der Waals surface area (Å²) in [6, 6.07) is 6.43. The van der Waals surface area contributed by atoms with Gasteiger partial charge in [-0.1, -0.05) is 0 Å². The van der Waals surface area contributed by atoms with Crippen LogP contribution in [0.15, 0.2) is 35.5 Å². The molecule has 1 aliphatic rings. The first-order chi connectivity index (χ1) is 11.8. The van der Waals surface area contributed by atoms with E-state index in [0.717, 1.165) is 47.9 Å². The number of hydrogen-bond acceptors (Lipinski definition) is 6. The summed E-state index contributed by atoms with van der Waals surface area (Å²) in [5.41, 5.74) is 2.62. The van der Waals surface area contributed by atoms with Gasteiger partial charge in [0.2, 0.25) is 0 Å². The van der Waals surface area contributed by atoms with Gasteiger partial charge in [-0.3, -0.25) is 10.1 Å². The van der Waals surface area contributed by atoms with Crippen molar-refractivity contribution in [1.82, 2.24) is 20.2 Å². The Labute approximate surface area is 144 Å². The third-order valence-electron chi connectivity index (χ3n) is 4.31. The molecule has 0 unspecified atom stereocenters. The first-order valence-corrected chi connectivity index (χ1v) is 9.18. The number of thioether (sulfide) groups is 1. The summed E-state index contributed by atoms with van der Waals surface area (Å²) in [4.78, 5) is 13.0. The van der Waals surface area contributed by atoms with Crippen LogP contribution in [-0.2, 0) is 4.74 Å². The van der Waals surface area contributed by atoms with Gasteiger partial charge in [0.05, 0.1) is 24.9 Å². The number of hydrogen-bond donors (Lipinski definition) is 1. The summed E-state index contributed by atoms with van der Waals surface area (Å²) in [7, 11) is 0. The van der Waals surface area contributed by atoms with Crippen molar-refractivity contribution in [3.05, 3.63) is 30.6 Å². The van der Waals surface area contributed by atoms with Gasteiger partial charge >= 0.3 is 0 Å². The highest BCUT2D eigenvalue weighted by molar-refractivity contribution is 7.98. The van der Waals surface area contributed by atoms with Crippen molar-refractivity contribution < 1.29 is 4.74 Å². The number of aromatic nitrogens is 4. The number of rotatable bonds is 3. The van der Waals surface area contributed by atoms with Crippen molar-refractivity contribution in [2.24, 2.45) is 0 Å². The molecule has 0 radical (unpaired) electrons. The van der Waals surface area contributed by atoms with E-state index in [9.17, 15) is 0 Å². The van der Waals surface area contributed by atoms with Crippen LogP contribution in [0.3, 0.4) is 0 Å². The molecule has 24 heavy (non-hydrogen) atoms. The van der Waals surface area contributed by atoms with E-state index >= 15 is 0 Å². The number of morpholine rings is 1. The van der Waals surface area contributed by atoms with E-state index in [0.29, 0.717) is 6.04 Å². The smallest absolute Gasteiger partial charge is 0.130 e. The summed E-state index contributed by atoms with van der Waals surface area (Å²) in [6.45, 7) is 4.49. The van der Waals surface area contributed by atoms with E-state index in [1.54, 1.807) is 18.0 Å². The lowest BCUT2D eigenvalue weighted by Crippen LogP contribution is -2.44. The molecular weight excluding hydrogens is 322 g/mol. The minimum Gasteiger partial charge on any atom is -0.377 e.